The summed E-state index contributed by atoms with van der Waals surface area (Å²) in [5.41, 5.74) is 2.87. The fourth-order valence-corrected chi connectivity index (χ4v) is 2.59. The van der Waals surface area contributed by atoms with Gasteiger partial charge in [-0.3, -0.25) is 4.90 Å². The first-order valence-electron chi connectivity index (χ1n) is 6.26. The lowest BCUT2D eigenvalue weighted by atomic mass is 9.98. The third kappa shape index (κ3) is 2.13. The van der Waals surface area contributed by atoms with E-state index in [0.717, 1.165) is 25.7 Å². The van der Waals surface area contributed by atoms with Gasteiger partial charge in [0.1, 0.15) is 0 Å². The number of aryl methyl sites for hydroxylation is 1. The zero-order valence-electron chi connectivity index (χ0n) is 10.5. The molecule has 0 aliphatic carbocycles. The fourth-order valence-electron chi connectivity index (χ4n) is 2.59. The average molecular weight is 218 g/mol. The molecule has 1 N–H and O–H groups in total. The number of hydrogen-bond acceptors (Lipinski definition) is 2. The molecule has 1 aromatic rings. The molecule has 1 aromatic carbocycles. The molecule has 2 heteroatoms. The van der Waals surface area contributed by atoms with Gasteiger partial charge in [-0.25, -0.2) is 0 Å². The monoisotopic (exact) mass is 218 g/mol. The van der Waals surface area contributed by atoms with E-state index in [9.17, 15) is 0 Å². The lowest BCUT2D eigenvalue weighted by Crippen LogP contribution is -2.57. The summed E-state index contributed by atoms with van der Waals surface area (Å²) in [6.07, 6.45) is 0. The molecule has 0 amide bonds. The minimum Gasteiger partial charge on any atom is -0.314 e. The molecule has 0 radical (unpaired) electrons. The summed E-state index contributed by atoms with van der Waals surface area (Å²) in [5, 5.41) is 3.36. The van der Waals surface area contributed by atoms with Crippen molar-refractivity contribution in [2.45, 2.75) is 32.9 Å². The number of likely N-dealkylation sites (N-methyl/N-ethyl adjacent to an activating group) is 1. The molecule has 2 nitrogen and oxygen atoms in total. The maximum absolute atomic E-state index is 3.36. The second-order valence-corrected chi connectivity index (χ2v) is 4.68. The van der Waals surface area contributed by atoms with E-state index in [1.165, 1.54) is 11.1 Å². The summed E-state index contributed by atoms with van der Waals surface area (Å²) in [6, 6.07) is 9.98. The second-order valence-electron chi connectivity index (χ2n) is 4.68. The Bertz CT molecular complexity index is 344. The first-order valence-corrected chi connectivity index (χ1v) is 6.26. The molecular formula is C14H22N2. The molecule has 1 saturated heterocycles. The van der Waals surface area contributed by atoms with E-state index < -0.39 is 0 Å². The largest absolute Gasteiger partial charge is 0.314 e. The van der Waals surface area contributed by atoms with Crippen LogP contribution < -0.4 is 5.32 Å². The van der Waals surface area contributed by atoms with Crippen LogP contribution in [0.5, 0.6) is 0 Å². The molecule has 0 saturated carbocycles. The number of rotatable bonds is 4. The van der Waals surface area contributed by atoms with E-state index in [1.807, 2.05) is 0 Å². The first-order chi connectivity index (χ1) is 7.74. The summed E-state index contributed by atoms with van der Waals surface area (Å²) in [6.45, 7) is 10.2. The van der Waals surface area contributed by atoms with Gasteiger partial charge in [-0.1, -0.05) is 31.2 Å². The van der Waals surface area contributed by atoms with Gasteiger partial charge in [-0.05, 0) is 31.5 Å². The van der Waals surface area contributed by atoms with Crippen LogP contribution in [0.15, 0.2) is 24.3 Å². The van der Waals surface area contributed by atoms with Crippen LogP contribution in [-0.4, -0.2) is 30.6 Å². The third-order valence-corrected chi connectivity index (χ3v) is 3.73. The van der Waals surface area contributed by atoms with E-state index in [2.05, 4.69) is 55.3 Å². The van der Waals surface area contributed by atoms with Crippen molar-refractivity contribution in [2.75, 3.05) is 19.6 Å². The quantitative estimate of drug-likeness (QED) is 0.834. The Hall–Kier alpha value is -0.860. The maximum atomic E-state index is 3.36. The molecule has 16 heavy (non-hydrogen) atoms. The summed E-state index contributed by atoms with van der Waals surface area (Å²) >= 11 is 0. The number of benzene rings is 1. The molecule has 0 spiro atoms. The minimum absolute atomic E-state index is 0.526. The van der Waals surface area contributed by atoms with Crippen molar-refractivity contribution in [3.05, 3.63) is 35.4 Å². The first kappa shape index (κ1) is 11.6. The van der Waals surface area contributed by atoms with Crippen molar-refractivity contribution < 1.29 is 0 Å². The Kier molecular flexibility index (Phi) is 3.62. The molecule has 1 aliphatic rings. The molecule has 88 valence electrons. The van der Waals surface area contributed by atoms with Crippen molar-refractivity contribution in [3.63, 3.8) is 0 Å². The Balaban J connectivity index is 2.16. The van der Waals surface area contributed by atoms with Crippen molar-refractivity contribution >= 4 is 0 Å². The third-order valence-electron chi connectivity index (χ3n) is 3.73. The van der Waals surface area contributed by atoms with E-state index in [4.69, 9.17) is 0 Å². The molecule has 1 heterocycles. The van der Waals surface area contributed by atoms with Gasteiger partial charge in [-0.15, -0.1) is 0 Å². The van der Waals surface area contributed by atoms with Crippen molar-refractivity contribution in [1.82, 2.24) is 10.2 Å². The van der Waals surface area contributed by atoms with Gasteiger partial charge in [0.15, 0.2) is 0 Å². The van der Waals surface area contributed by atoms with E-state index in [1.54, 1.807) is 0 Å². The summed E-state index contributed by atoms with van der Waals surface area (Å²) in [4.78, 5) is 2.60. The smallest absolute Gasteiger partial charge is 0.0351 e. The molecule has 2 rings (SSSR count). The average Bonchev–Trinajstić information content (AvgIpc) is 2.23. The van der Waals surface area contributed by atoms with Gasteiger partial charge in [0.2, 0.25) is 0 Å². The molecule has 0 bridgehead atoms. The normalized spacial score (nSPS) is 18.5. The highest BCUT2D eigenvalue weighted by Crippen LogP contribution is 2.25. The second kappa shape index (κ2) is 4.98. The van der Waals surface area contributed by atoms with Crippen LogP contribution >= 0.6 is 0 Å². The Labute approximate surface area is 98.7 Å². The Morgan fingerprint density at radius 2 is 2.06 bits per heavy atom. The van der Waals surface area contributed by atoms with Crippen LogP contribution in [0.2, 0.25) is 0 Å². The van der Waals surface area contributed by atoms with Gasteiger partial charge >= 0.3 is 0 Å². The zero-order valence-corrected chi connectivity index (χ0v) is 10.5. The maximum Gasteiger partial charge on any atom is 0.0351 e. The lowest BCUT2D eigenvalue weighted by Gasteiger charge is -2.41. The molecule has 1 fully saturated rings. The molecule has 1 aliphatic heterocycles. The summed E-state index contributed by atoms with van der Waals surface area (Å²) < 4.78 is 0. The molecule has 1 unspecified atom stereocenters. The Morgan fingerprint density at radius 1 is 1.38 bits per heavy atom. The topological polar surface area (TPSA) is 15.3 Å². The summed E-state index contributed by atoms with van der Waals surface area (Å²) in [5.74, 6) is 0. The standard InChI is InChI=1S/C14H22N2/c1-4-16(13-9-15-10-13)12(3)14-8-6-5-7-11(14)2/h5-8,12-13,15H,4,9-10H2,1-3H3. The van der Waals surface area contributed by atoms with Gasteiger partial charge in [-0.2, -0.15) is 0 Å². The molecule has 0 aromatic heterocycles. The van der Waals surface area contributed by atoms with E-state index in [-0.39, 0.29) is 0 Å². The SMILES string of the molecule is CCN(C1CNC1)C(C)c1ccccc1C. The summed E-state index contributed by atoms with van der Waals surface area (Å²) in [7, 11) is 0. The van der Waals surface area contributed by atoms with E-state index in [0.29, 0.717) is 6.04 Å². The van der Waals surface area contributed by atoms with Gasteiger partial charge < -0.3 is 5.32 Å². The predicted molar refractivity (Wildman–Crippen MR) is 68.6 cm³/mol. The Morgan fingerprint density at radius 3 is 2.56 bits per heavy atom. The fraction of sp³-hybridized carbons (Fsp3) is 0.571. The highest BCUT2D eigenvalue weighted by atomic mass is 15.2. The highest BCUT2D eigenvalue weighted by Gasteiger charge is 2.27. The van der Waals surface area contributed by atoms with Crippen molar-refractivity contribution in [3.8, 4) is 0 Å². The number of hydrogen-bond donors (Lipinski definition) is 1. The van der Waals surface area contributed by atoms with Crippen LogP contribution in [0.25, 0.3) is 0 Å². The van der Waals surface area contributed by atoms with E-state index >= 15 is 0 Å². The van der Waals surface area contributed by atoms with Crippen LogP contribution in [0.1, 0.15) is 31.0 Å². The lowest BCUT2D eigenvalue weighted by molar-refractivity contribution is 0.109. The zero-order chi connectivity index (χ0) is 11.5. The van der Waals surface area contributed by atoms with Gasteiger partial charge in [0.25, 0.3) is 0 Å². The van der Waals surface area contributed by atoms with Crippen LogP contribution in [0, 0.1) is 6.92 Å². The van der Waals surface area contributed by atoms with Crippen LogP contribution in [0.4, 0.5) is 0 Å². The molecular weight excluding hydrogens is 196 g/mol. The van der Waals surface area contributed by atoms with Gasteiger partial charge in [0, 0.05) is 25.2 Å². The predicted octanol–water partition coefficient (Wildman–Crippen LogP) is 2.35. The van der Waals surface area contributed by atoms with Crippen LogP contribution in [0.3, 0.4) is 0 Å². The number of nitrogens with one attached hydrogen (secondary N) is 1. The van der Waals surface area contributed by atoms with Crippen molar-refractivity contribution in [1.29, 1.82) is 0 Å². The van der Waals surface area contributed by atoms with Gasteiger partial charge in [0.05, 0.1) is 0 Å². The van der Waals surface area contributed by atoms with Crippen molar-refractivity contribution in [2.24, 2.45) is 0 Å². The van der Waals surface area contributed by atoms with Crippen LogP contribution in [-0.2, 0) is 0 Å². The molecule has 1 atom stereocenters. The highest BCUT2D eigenvalue weighted by molar-refractivity contribution is 5.28. The minimum atomic E-state index is 0.526. The number of nitrogens with zero attached hydrogens (tertiary/aromatic N) is 1.